The summed E-state index contributed by atoms with van der Waals surface area (Å²) in [6, 6.07) is 16.9. The monoisotopic (exact) mass is 499 g/mol. The van der Waals surface area contributed by atoms with Crippen molar-refractivity contribution in [1.82, 2.24) is 0 Å². The van der Waals surface area contributed by atoms with Crippen LogP contribution < -0.4 is 23.8 Å². The molecule has 0 radical (unpaired) electrons. The maximum absolute atomic E-state index is 13.5. The molecule has 1 atom stereocenters. The Labute approximate surface area is 213 Å². The minimum atomic E-state index is -0.846. The molecule has 6 rings (SSSR count). The Morgan fingerprint density at radius 1 is 0.811 bits per heavy atom. The van der Waals surface area contributed by atoms with Gasteiger partial charge in [-0.2, -0.15) is 0 Å². The van der Waals surface area contributed by atoms with Crippen LogP contribution in [0.25, 0.3) is 5.76 Å². The van der Waals surface area contributed by atoms with Crippen molar-refractivity contribution in [2.75, 3.05) is 31.3 Å². The number of aliphatic hydroxyl groups is 1. The third-order valence-electron chi connectivity index (χ3n) is 6.77. The first-order valence-corrected chi connectivity index (χ1v) is 12.2. The Balaban J connectivity index is 1.50. The van der Waals surface area contributed by atoms with Crippen LogP contribution in [0.5, 0.6) is 23.0 Å². The number of carbonyl (C=O) groups is 2. The smallest absolute Gasteiger partial charge is 0.300 e. The summed E-state index contributed by atoms with van der Waals surface area (Å²) in [6.07, 6.45) is 0.847. The number of amides is 1. The van der Waals surface area contributed by atoms with Gasteiger partial charge in [-0.3, -0.25) is 14.5 Å². The van der Waals surface area contributed by atoms with E-state index in [2.05, 4.69) is 6.92 Å². The predicted molar refractivity (Wildman–Crippen MR) is 135 cm³/mol. The van der Waals surface area contributed by atoms with E-state index in [1.807, 2.05) is 24.3 Å². The van der Waals surface area contributed by atoms with Crippen LogP contribution in [0.3, 0.4) is 0 Å². The van der Waals surface area contributed by atoms with Crippen molar-refractivity contribution in [3.05, 3.63) is 82.9 Å². The van der Waals surface area contributed by atoms with Gasteiger partial charge in [-0.05, 0) is 47.9 Å². The number of hydrogen-bond donors (Lipinski definition) is 1. The minimum absolute atomic E-state index is 0.000755. The molecule has 0 aliphatic carbocycles. The van der Waals surface area contributed by atoms with Crippen LogP contribution in [0.2, 0.25) is 0 Å². The largest absolute Gasteiger partial charge is 0.507 e. The lowest BCUT2D eigenvalue weighted by Crippen LogP contribution is -2.29. The van der Waals surface area contributed by atoms with Crippen LogP contribution >= 0.6 is 0 Å². The van der Waals surface area contributed by atoms with E-state index in [0.29, 0.717) is 66.2 Å². The number of nitrogens with zero attached hydrogens (tertiary/aromatic N) is 1. The van der Waals surface area contributed by atoms with E-state index in [-0.39, 0.29) is 11.3 Å². The van der Waals surface area contributed by atoms with Gasteiger partial charge in [-0.25, -0.2) is 0 Å². The van der Waals surface area contributed by atoms with Gasteiger partial charge in [0.15, 0.2) is 23.0 Å². The Bertz CT molecular complexity index is 1430. The molecule has 0 aromatic heterocycles. The van der Waals surface area contributed by atoms with Crippen LogP contribution in [-0.2, 0) is 16.0 Å². The van der Waals surface area contributed by atoms with E-state index in [4.69, 9.17) is 18.9 Å². The molecule has 1 N–H and O–H groups in total. The van der Waals surface area contributed by atoms with Gasteiger partial charge >= 0.3 is 0 Å². The fourth-order valence-electron chi connectivity index (χ4n) is 4.88. The fraction of sp³-hybridized carbons (Fsp3) is 0.241. The van der Waals surface area contributed by atoms with E-state index in [0.717, 1.165) is 12.0 Å². The van der Waals surface area contributed by atoms with Crippen molar-refractivity contribution >= 4 is 23.1 Å². The SMILES string of the molecule is CCc1ccc(C2/C(=C(\O)c3ccc4c(c3)OCCO4)C(=O)C(=O)N2c2ccc3c(c2)OCCO3)cc1. The summed E-state index contributed by atoms with van der Waals surface area (Å²) in [6.45, 7) is 3.71. The summed E-state index contributed by atoms with van der Waals surface area (Å²) >= 11 is 0. The second-order valence-electron chi connectivity index (χ2n) is 8.95. The topological polar surface area (TPSA) is 94.5 Å². The maximum atomic E-state index is 13.5. The zero-order valence-electron chi connectivity index (χ0n) is 20.2. The third kappa shape index (κ3) is 3.94. The number of ketones is 1. The standard InChI is InChI=1S/C29H25NO7/c1-2-17-3-5-18(6-4-17)26-25(27(31)19-7-9-21-23(15-19)36-13-11-34-21)28(32)29(33)30(26)20-8-10-22-24(16-20)37-14-12-35-22/h3-10,15-16,26,31H,2,11-14H2,1H3/b27-25+. The Hall–Kier alpha value is -4.46. The number of aliphatic hydroxyl groups excluding tert-OH is 1. The number of fused-ring (bicyclic) bond motifs is 2. The van der Waals surface area contributed by atoms with E-state index >= 15 is 0 Å². The lowest BCUT2D eigenvalue weighted by Gasteiger charge is -2.27. The fourth-order valence-corrected chi connectivity index (χ4v) is 4.88. The molecule has 3 aliphatic rings. The number of benzene rings is 3. The van der Waals surface area contributed by atoms with Crippen molar-refractivity contribution in [2.24, 2.45) is 0 Å². The Morgan fingerprint density at radius 2 is 1.41 bits per heavy atom. The lowest BCUT2D eigenvalue weighted by atomic mass is 9.94. The van der Waals surface area contributed by atoms with Gasteiger partial charge in [-0.15, -0.1) is 0 Å². The van der Waals surface area contributed by atoms with E-state index in [1.54, 1.807) is 36.4 Å². The van der Waals surface area contributed by atoms with Crippen LogP contribution in [0.4, 0.5) is 5.69 Å². The second kappa shape index (κ2) is 9.20. The normalized spacial score (nSPS) is 19.7. The molecule has 8 nitrogen and oxygen atoms in total. The Kier molecular flexibility index (Phi) is 5.71. The Morgan fingerprint density at radius 3 is 2.05 bits per heavy atom. The molecular weight excluding hydrogens is 474 g/mol. The first-order chi connectivity index (χ1) is 18.0. The average molecular weight is 500 g/mol. The number of aryl methyl sites for hydroxylation is 1. The molecule has 0 saturated carbocycles. The molecule has 0 bridgehead atoms. The van der Waals surface area contributed by atoms with E-state index in [9.17, 15) is 14.7 Å². The summed E-state index contributed by atoms with van der Waals surface area (Å²) in [5.41, 5.74) is 2.65. The summed E-state index contributed by atoms with van der Waals surface area (Å²) in [5.74, 6) is 0.322. The minimum Gasteiger partial charge on any atom is -0.507 e. The summed E-state index contributed by atoms with van der Waals surface area (Å²) in [5, 5.41) is 11.4. The molecule has 3 aromatic carbocycles. The molecule has 3 aromatic rings. The lowest BCUT2D eigenvalue weighted by molar-refractivity contribution is -0.132. The molecule has 3 aliphatic heterocycles. The highest BCUT2D eigenvalue weighted by molar-refractivity contribution is 6.51. The van der Waals surface area contributed by atoms with E-state index in [1.165, 1.54) is 4.90 Å². The molecule has 0 spiro atoms. The maximum Gasteiger partial charge on any atom is 0.300 e. The molecule has 1 saturated heterocycles. The van der Waals surface area contributed by atoms with Crippen LogP contribution in [0.15, 0.2) is 66.2 Å². The molecule has 37 heavy (non-hydrogen) atoms. The zero-order valence-corrected chi connectivity index (χ0v) is 20.2. The number of Topliss-reactive ketones (excluding diaryl/α,β-unsaturated/α-hetero) is 1. The van der Waals surface area contributed by atoms with Crippen molar-refractivity contribution in [1.29, 1.82) is 0 Å². The van der Waals surface area contributed by atoms with Crippen LogP contribution in [0, 0.1) is 0 Å². The first-order valence-electron chi connectivity index (χ1n) is 12.2. The highest BCUT2D eigenvalue weighted by Gasteiger charge is 2.47. The van der Waals surface area contributed by atoms with Gasteiger partial charge < -0.3 is 24.1 Å². The van der Waals surface area contributed by atoms with Gasteiger partial charge in [0.2, 0.25) is 0 Å². The quantitative estimate of drug-likeness (QED) is 0.323. The second-order valence-corrected chi connectivity index (χ2v) is 8.95. The zero-order chi connectivity index (χ0) is 25.5. The summed E-state index contributed by atoms with van der Waals surface area (Å²) in [4.78, 5) is 28.3. The van der Waals surface area contributed by atoms with Crippen molar-refractivity contribution in [2.45, 2.75) is 19.4 Å². The number of rotatable bonds is 4. The number of ether oxygens (including phenoxy) is 4. The highest BCUT2D eigenvalue weighted by atomic mass is 16.6. The molecule has 188 valence electrons. The van der Waals surface area contributed by atoms with Crippen molar-refractivity contribution in [3.63, 3.8) is 0 Å². The highest BCUT2D eigenvalue weighted by Crippen LogP contribution is 2.45. The molecule has 1 unspecified atom stereocenters. The van der Waals surface area contributed by atoms with Crippen molar-refractivity contribution in [3.8, 4) is 23.0 Å². The van der Waals surface area contributed by atoms with Gasteiger partial charge in [-0.1, -0.05) is 31.2 Å². The summed E-state index contributed by atoms with van der Waals surface area (Å²) < 4.78 is 22.6. The average Bonchev–Trinajstić information content (AvgIpc) is 3.22. The molecular formula is C29H25NO7. The van der Waals surface area contributed by atoms with Gasteiger partial charge in [0.1, 0.15) is 32.2 Å². The molecule has 3 heterocycles. The first kappa shape index (κ1) is 23.0. The van der Waals surface area contributed by atoms with Crippen LogP contribution in [-0.4, -0.2) is 43.2 Å². The van der Waals surface area contributed by atoms with E-state index < -0.39 is 17.7 Å². The molecule has 1 fully saturated rings. The predicted octanol–water partition coefficient (Wildman–Crippen LogP) is 4.42. The van der Waals surface area contributed by atoms with Gasteiger partial charge in [0, 0.05) is 17.3 Å². The van der Waals surface area contributed by atoms with Crippen LogP contribution in [0.1, 0.15) is 29.7 Å². The number of anilines is 1. The third-order valence-corrected chi connectivity index (χ3v) is 6.77. The number of carbonyl (C=O) groups excluding carboxylic acids is 2. The summed E-state index contributed by atoms with van der Waals surface area (Å²) in [7, 11) is 0. The van der Waals surface area contributed by atoms with Gasteiger partial charge in [0.05, 0.1) is 11.6 Å². The molecule has 8 heteroatoms. The van der Waals surface area contributed by atoms with Gasteiger partial charge in [0.25, 0.3) is 11.7 Å². The molecule has 1 amide bonds. The number of hydrogen-bond acceptors (Lipinski definition) is 7. The van der Waals surface area contributed by atoms with Crippen molar-refractivity contribution < 1.29 is 33.6 Å².